The van der Waals surface area contributed by atoms with Gasteiger partial charge in [-0.25, -0.2) is 0 Å². The first-order chi connectivity index (χ1) is 12.1. The summed E-state index contributed by atoms with van der Waals surface area (Å²) in [5.74, 6) is 0. The maximum atomic E-state index is 6.02. The predicted octanol–water partition coefficient (Wildman–Crippen LogP) is 6.25. The lowest BCUT2D eigenvalue weighted by molar-refractivity contribution is 0.170. The number of nitrogens with one attached hydrogen (secondary N) is 1. The zero-order chi connectivity index (χ0) is 17.6. The van der Waals surface area contributed by atoms with Crippen LogP contribution in [-0.2, 0) is 0 Å². The second kappa shape index (κ2) is 12.0. The molecule has 2 aromatic rings. The van der Waals surface area contributed by atoms with Crippen molar-refractivity contribution in [3.8, 4) is 0 Å². The Hall–Kier alpha value is -0.680. The molecule has 0 spiro atoms. The van der Waals surface area contributed by atoms with Crippen LogP contribution in [0.15, 0.2) is 70.5 Å². The number of nitrogens with zero attached hydrogens (tertiary/aromatic N) is 1. The van der Waals surface area contributed by atoms with E-state index in [9.17, 15) is 0 Å². The Morgan fingerprint density at radius 1 is 1.11 bits per heavy atom. The normalized spacial score (nSPS) is 15.3. The van der Waals surface area contributed by atoms with Crippen LogP contribution < -0.4 is 5.32 Å². The smallest absolute Gasteiger partial charge is 0.0406 e. The van der Waals surface area contributed by atoms with Gasteiger partial charge in [-0.3, -0.25) is 4.90 Å². The third kappa shape index (κ3) is 7.01. The molecule has 1 aliphatic heterocycles. The van der Waals surface area contributed by atoms with Crippen molar-refractivity contribution >= 4 is 48.2 Å². The average molecular weight is 446 g/mol. The molecule has 1 heterocycles. The molecule has 27 heavy (non-hydrogen) atoms. The molecule has 1 saturated heterocycles. The summed E-state index contributed by atoms with van der Waals surface area (Å²) in [5, 5.41) is 4.23. The van der Waals surface area contributed by atoms with Crippen molar-refractivity contribution in [2.45, 2.75) is 29.2 Å². The third-order valence-electron chi connectivity index (χ3n) is 4.45. The minimum absolute atomic E-state index is 0. The van der Waals surface area contributed by atoms with E-state index in [1.54, 1.807) is 0 Å². The van der Waals surface area contributed by atoms with E-state index < -0.39 is 0 Å². The Balaban J connectivity index is 0.00000182. The molecule has 3 rings (SSSR count). The minimum Gasteiger partial charge on any atom is -0.314 e. The summed E-state index contributed by atoms with van der Waals surface area (Å²) in [5.41, 5.74) is 2.63. The van der Waals surface area contributed by atoms with E-state index in [-0.39, 0.29) is 24.8 Å². The van der Waals surface area contributed by atoms with Crippen molar-refractivity contribution < 1.29 is 0 Å². The first-order valence-electron chi connectivity index (χ1n) is 8.75. The molecular weight excluding hydrogens is 419 g/mol. The van der Waals surface area contributed by atoms with Gasteiger partial charge in [-0.15, -0.1) is 31.4 Å². The number of rotatable bonds is 6. The van der Waals surface area contributed by atoms with Gasteiger partial charge in [0.25, 0.3) is 0 Å². The van der Waals surface area contributed by atoms with Gasteiger partial charge in [0, 0.05) is 47.0 Å². The minimum atomic E-state index is 0. The van der Waals surface area contributed by atoms with Crippen molar-refractivity contribution in [2.24, 2.45) is 0 Å². The van der Waals surface area contributed by atoms with Crippen LogP contribution in [0.2, 0.25) is 5.02 Å². The number of hydrogen-bond acceptors (Lipinski definition) is 3. The molecular formula is C21H27Cl3N2S. The van der Waals surface area contributed by atoms with Gasteiger partial charge in [-0.05, 0) is 49.2 Å². The molecule has 1 N–H and O–H groups in total. The second-order valence-electron chi connectivity index (χ2n) is 6.56. The molecule has 0 bridgehead atoms. The molecule has 148 valence electrons. The molecule has 0 unspecified atom stereocenters. The van der Waals surface area contributed by atoms with E-state index in [0.717, 1.165) is 37.6 Å². The highest BCUT2D eigenvalue weighted by molar-refractivity contribution is 7.99. The SMILES string of the molecule is C=C(C)C[C@@H](c1ccccc1Sc1ccc(Cl)cc1)N1CCNCC1.Cl.Cl. The summed E-state index contributed by atoms with van der Waals surface area (Å²) in [4.78, 5) is 5.12. The summed E-state index contributed by atoms with van der Waals surface area (Å²) in [7, 11) is 0. The van der Waals surface area contributed by atoms with Gasteiger partial charge in [-0.2, -0.15) is 0 Å². The van der Waals surface area contributed by atoms with Gasteiger partial charge in [0.05, 0.1) is 0 Å². The zero-order valence-electron chi connectivity index (χ0n) is 15.5. The van der Waals surface area contributed by atoms with Crippen LogP contribution in [-0.4, -0.2) is 31.1 Å². The summed E-state index contributed by atoms with van der Waals surface area (Å²) >= 11 is 7.84. The van der Waals surface area contributed by atoms with Crippen LogP contribution in [0.25, 0.3) is 0 Å². The van der Waals surface area contributed by atoms with Crippen LogP contribution >= 0.6 is 48.2 Å². The maximum Gasteiger partial charge on any atom is 0.0406 e. The van der Waals surface area contributed by atoms with Crippen LogP contribution in [0.1, 0.15) is 24.9 Å². The van der Waals surface area contributed by atoms with Gasteiger partial charge in [0.2, 0.25) is 0 Å². The standard InChI is InChI=1S/C21H25ClN2S.2ClH/c1-16(2)15-20(24-13-11-23-12-14-24)19-5-3-4-6-21(19)25-18-9-7-17(22)8-10-18;;/h3-10,20,23H,1,11-15H2,2H3;2*1H/t20-;;/m0../s1. The van der Waals surface area contributed by atoms with Gasteiger partial charge < -0.3 is 5.32 Å². The molecule has 1 fully saturated rings. The molecule has 2 aromatic carbocycles. The quantitative estimate of drug-likeness (QED) is 0.529. The highest BCUT2D eigenvalue weighted by Gasteiger charge is 2.24. The Morgan fingerprint density at radius 2 is 1.74 bits per heavy atom. The molecule has 0 radical (unpaired) electrons. The van der Waals surface area contributed by atoms with Crippen molar-refractivity contribution in [3.63, 3.8) is 0 Å². The van der Waals surface area contributed by atoms with Gasteiger partial charge in [0.15, 0.2) is 0 Å². The molecule has 6 heteroatoms. The topological polar surface area (TPSA) is 15.3 Å². The highest BCUT2D eigenvalue weighted by atomic mass is 35.5. The maximum absolute atomic E-state index is 6.02. The summed E-state index contributed by atoms with van der Waals surface area (Å²) in [6, 6.07) is 17.2. The summed E-state index contributed by atoms with van der Waals surface area (Å²) < 4.78 is 0. The number of piperazine rings is 1. The van der Waals surface area contributed by atoms with Crippen LogP contribution in [0.5, 0.6) is 0 Å². The molecule has 0 aliphatic carbocycles. The highest BCUT2D eigenvalue weighted by Crippen LogP contribution is 2.38. The van der Waals surface area contributed by atoms with Gasteiger partial charge >= 0.3 is 0 Å². The van der Waals surface area contributed by atoms with Crippen molar-refractivity contribution in [1.82, 2.24) is 10.2 Å². The van der Waals surface area contributed by atoms with Crippen molar-refractivity contribution in [2.75, 3.05) is 26.2 Å². The number of halogens is 3. The molecule has 2 nitrogen and oxygen atoms in total. The fourth-order valence-electron chi connectivity index (χ4n) is 3.24. The van der Waals surface area contributed by atoms with E-state index in [1.165, 1.54) is 20.9 Å². The second-order valence-corrected chi connectivity index (χ2v) is 8.11. The monoisotopic (exact) mass is 444 g/mol. The largest absolute Gasteiger partial charge is 0.314 e. The molecule has 0 amide bonds. The fraction of sp³-hybridized carbons (Fsp3) is 0.333. The van der Waals surface area contributed by atoms with Gasteiger partial charge in [0.1, 0.15) is 0 Å². The first kappa shape index (κ1) is 24.4. The Kier molecular flexibility index (Phi) is 10.8. The Bertz CT molecular complexity index is 716. The average Bonchev–Trinajstić information content (AvgIpc) is 2.63. The number of hydrogen-bond donors (Lipinski definition) is 1. The van der Waals surface area contributed by atoms with Crippen LogP contribution in [0, 0.1) is 0 Å². The van der Waals surface area contributed by atoms with Crippen LogP contribution in [0.3, 0.4) is 0 Å². The molecule has 1 aliphatic rings. The van der Waals surface area contributed by atoms with E-state index in [2.05, 4.69) is 60.1 Å². The van der Waals surface area contributed by atoms with Gasteiger partial charge in [-0.1, -0.05) is 47.1 Å². The summed E-state index contributed by atoms with van der Waals surface area (Å²) in [6.45, 7) is 10.6. The third-order valence-corrected chi connectivity index (χ3v) is 5.81. The van der Waals surface area contributed by atoms with E-state index >= 15 is 0 Å². The Labute approximate surface area is 184 Å². The lowest BCUT2D eigenvalue weighted by Gasteiger charge is -2.36. The molecule has 0 saturated carbocycles. The van der Waals surface area contributed by atoms with Crippen molar-refractivity contribution in [3.05, 3.63) is 71.3 Å². The predicted molar refractivity (Wildman–Crippen MR) is 123 cm³/mol. The zero-order valence-corrected chi connectivity index (χ0v) is 18.7. The Morgan fingerprint density at radius 3 is 2.37 bits per heavy atom. The van der Waals surface area contributed by atoms with E-state index in [0.29, 0.717) is 6.04 Å². The summed E-state index contributed by atoms with van der Waals surface area (Å²) in [6.07, 6.45) is 0.998. The van der Waals surface area contributed by atoms with Crippen LogP contribution in [0.4, 0.5) is 0 Å². The van der Waals surface area contributed by atoms with E-state index in [4.69, 9.17) is 11.6 Å². The van der Waals surface area contributed by atoms with Crippen molar-refractivity contribution in [1.29, 1.82) is 0 Å². The van der Waals surface area contributed by atoms with E-state index in [1.807, 2.05) is 23.9 Å². The lowest BCUT2D eigenvalue weighted by atomic mass is 9.98. The molecule has 1 atom stereocenters. The lowest BCUT2D eigenvalue weighted by Crippen LogP contribution is -2.45. The molecule has 0 aromatic heterocycles. The first-order valence-corrected chi connectivity index (χ1v) is 9.94. The fourth-order valence-corrected chi connectivity index (χ4v) is 4.36. The number of benzene rings is 2.